The Hall–Kier alpha value is -2.49. The van der Waals surface area contributed by atoms with E-state index in [0.29, 0.717) is 6.54 Å². The Balaban J connectivity index is 1.38. The molecule has 1 atom stereocenters. The topological polar surface area (TPSA) is 41.6 Å². The smallest absolute Gasteiger partial charge is 0.322 e. The highest BCUT2D eigenvalue weighted by Gasteiger charge is 2.28. The van der Waals surface area contributed by atoms with E-state index < -0.39 is 0 Å². The van der Waals surface area contributed by atoms with Crippen LogP contribution in [0.15, 0.2) is 42.5 Å². The number of nitrogens with zero attached hydrogens (tertiary/aromatic N) is 1. The number of hydrogen-bond acceptors (Lipinski definition) is 2. The molecule has 1 fully saturated rings. The lowest BCUT2D eigenvalue weighted by molar-refractivity contribution is 0.205. The molecule has 0 spiro atoms. The Morgan fingerprint density at radius 3 is 2.41 bits per heavy atom. The van der Waals surface area contributed by atoms with Crippen molar-refractivity contribution in [3.63, 3.8) is 0 Å². The maximum absolute atomic E-state index is 12.9. The number of hydrogen-bond donors (Lipinski definition) is 1. The van der Waals surface area contributed by atoms with Gasteiger partial charge in [0, 0.05) is 6.54 Å². The zero-order valence-corrected chi connectivity index (χ0v) is 21.2. The largest absolute Gasteiger partial charge is 0.487 e. The van der Waals surface area contributed by atoms with Gasteiger partial charge >= 0.3 is 6.03 Å². The van der Waals surface area contributed by atoms with Gasteiger partial charge in [-0.2, -0.15) is 0 Å². The first-order valence-electron chi connectivity index (χ1n) is 13.6. The van der Waals surface area contributed by atoms with Gasteiger partial charge in [0.05, 0.1) is 12.2 Å². The fourth-order valence-electron chi connectivity index (χ4n) is 5.39. The molecule has 1 unspecified atom stereocenters. The lowest BCUT2D eigenvalue weighted by atomic mass is 9.84. The minimum absolute atomic E-state index is 0.0189. The van der Waals surface area contributed by atoms with Crippen molar-refractivity contribution in [2.45, 2.75) is 96.5 Å². The van der Waals surface area contributed by atoms with E-state index >= 15 is 0 Å². The van der Waals surface area contributed by atoms with Crippen molar-refractivity contribution >= 4 is 11.7 Å². The molecule has 2 aromatic carbocycles. The van der Waals surface area contributed by atoms with E-state index in [1.807, 2.05) is 17.9 Å². The van der Waals surface area contributed by atoms with Crippen LogP contribution in [0.1, 0.15) is 96.0 Å². The first-order chi connectivity index (χ1) is 16.7. The third kappa shape index (κ3) is 6.34. The molecular formula is C30H42N2O2. The lowest BCUT2D eigenvalue weighted by Crippen LogP contribution is -2.47. The highest BCUT2D eigenvalue weighted by Crippen LogP contribution is 2.38. The van der Waals surface area contributed by atoms with Gasteiger partial charge < -0.3 is 10.1 Å². The first kappa shape index (κ1) is 24.6. The monoisotopic (exact) mass is 462 g/mol. The lowest BCUT2D eigenvalue weighted by Gasteiger charge is -2.33. The van der Waals surface area contributed by atoms with Crippen LogP contribution in [-0.4, -0.2) is 25.2 Å². The minimum Gasteiger partial charge on any atom is -0.487 e. The third-order valence-corrected chi connectivity index (χ3v) is 7.39. The summed E-state index contributed by atoms with van der Waals surface area (Å²) in [5.41, 5.74) is 4.67. The molecule has 1 aliphatic heterocycles. The maximum Gasteiger partial charge on any atom is 0.322 e. The van der Waals surface area contributed by atoms with Crippen LogP contribution in [0, 0.1) is 0 Å². The molecule has 1 N–H and O–H groups in total. The van der Waals surface area contributed by atoms with E-state index in [1.54, 1.807) is 0 Å². The standard InChI is InChI=1S/C30H42N2O2/c1-3-4-5-6-7-11-20-31-30(33)32-22-23(2)34-29-21-27(18-19-28(29)32)26-16-14-25(15-17-26)24-12-9-8-10-13-24/h14-19,21,23-24H,3-13,20,22H2,1-2H3,(H,31,33). The van der Waals surface area contributed by atoms with Crippen LogP contribution in [0.3, 0.4) is 0 Å². The molecule has 0 saturated heterocycles. The minimum atomic E-state index is -0.0313. The van der Waals surface area contributed by atoms with Crippen LogP contribution in [0.25, 0.3) is 11.1 Å². The van der Waals surface area contributed by atoms with Gasteiger partial charge in [-0.3, -0.25) is 4.90 Å². The van der Waals surface area contributed by atoms with Crippen molar-refractivity contribution in [1.82, 2.24) is 5.32 Å². The summed E-state index contributed by atoms with van der Waals surface area (Å²) in [7, 11) is 0. The van der Waals surface area contributed by atoms with Crippen LogP contribution in [0.4, 0.5) is 10.5 Å². The van der Waals surface area contributed by atoms with E-state index in [0.717, 1.165) is 35.9 Å². The second-order valence-electron chi connectivity index (χ2n) is 10.2. The van der Waals surface area contributed by atoms with E-state index in [2.05, 4.69) is 48.6 Å². The Kier molecular flexibility index (Phi) is 8.90. The number of ether oxygens (including phenoxy) is 1. The summed E-state index contributed by atoms with van der Waals surface area (Å²) >= 11 is 0. The molecule has 1 saturated carbocycles. The molecule has 4 heteroatoms. The van der Waals surface area contributed by atoms with Gasteiger partial charge in [0.1, 0.15) is 11.9 Å². The molecule has 2 amide bonds. The molecule has 0 bridgehead atoms. The van der Waals surface area contributed by atoms with E-state index in [-0.39, 0.29) is 12.1 Å². The van der Waals surface area contributed by atoms with Crippen molar-refractivity contribution in [3.05, 3.63) is 48.0 Å². The number of fused-ring (bicyclic) bond motifs is 1. The predicted molar refractivity (Wildman–Crippen MR) is 142 cm³/mol. The maximum atomic E-state index is 12.9. The molecule has 34 heavy (non-hydrogen) atoms. The summed E-state index contributed by atoms with van der Waals surface area (Å²) in [6, 6.07) is 15.3. The van der Waals surface area contributed by atoms with Crippen LogP contribution in [-0.2, 0) is 0 Å². The molecular weight excluding hydrogens is 420 g/mol. The van der Waals surface area contributed by atoms with Gasteiger partial charge in [0.2, 0.25) is 0 Å². The number of urea groups is 1. The highest BCUT2D eigenvalue weighted by molar-refractivity contribution is 5.94. The number of carbonyl (C=O) groups excluding carboxylic acids is 1. The second kappa shape index (κ2) is 12.3. The summed E-state index contributed by atoms with van der Waals surface area (Å²) in [5.74, 6) is 1.52. The average molecular weight is 463 g/mol. The van der Waals surface area contributed by atoms with Gasteiger partial charge in [-0.15, -0.1) is 0 Å². The number of benzene rings is 2. The van der Waals surface area contributed by atoms with Crippen LogP contribution in [0.2, 0.25) is 0 Å². The Morgan fingerprint density at radius 2 is 1.65 bits per heavy atom. The molecule has 2 aromatic rings. The molecule has 0 radical (unpaired) electrons. The zero-order valence-electron chi connectivity index (χ0n) is 21.2. The van der Waals surface area contributed by atoms with Crippen LogP contribution in [0.5, 0.6) is 5.75 Å². The van der Waals surface area contributed by atoms with E-state index in [9.17, 15) is 4.79 Å². The van der Waals surface area contributed by atoms with Gasteiger partial charge in [0.25, 0.3) is 0 Å². The number of anilines is 1. The highest BCUT2D eigenvalue weighted by atomic mass is 16.5. The molecule has 1 heterocycles. The first-order valence-corrected chi connectivity index (χ1v) is 13.6. The number of carbonyl (C=O) groups is 1. The van der Waals surface area contributed by atoms with E-state index in [4.69, 9.17) is 4.74 Å². The molecule has 184 valence electrons. The Bertz CT molecular complexity index is 918. The molecule has 1 aliphatic carbocycles. The number of amides is 2. The normalized spacial score (nSPS) is 18.3. The Morgan fingerprint density at radius 1 is 0.941 bits per heavy atom. The number of nitrogens with one attached hydrogen (secondary N) is 1. The quantitative estimate of drug-likeness (QED) is 0.383. The Labute approximate surface area is 206 Å². The van der Waals surface area contributed by atoms with Crippen molar-refractivity contribution in [2.24, 2.45) is 0 Å². The van der Waals surface area contributed by atoms with Gasteiger partial charge in [-0.1, -0.05) is 88.6 Å². The number of unbranched alkanes of at least 4 members (excludes halogenated alkanes) is 5. The third-order valence-electron chi connectivity index (χ3n) is 7.39. The summed E-state index contributed by atoms with van der Waals surface area (Å²) in [5, 5.41) is 3.12. The second-order valence-corrected chi connectivity index (χ2v) is 10.2. The zero-order chi connectivity index (χ0) is 23.8. The van der Waals surface area contributed by atoms with E-state index in [1.165, 1.54) is 75.3 Å². The summed E-state index contributed by atoms with van der Waals surface area (Å²) < 4.78 is 6.15. The summed E-state index contributed by atoms with van der Waals surface area (Å²) in [4.78, 5) is 14.8. The predicted octanol–water partition coefficient (Wildman–Crippen LogP) is 8.06. The van der Waals surface area contributed by atoms with Gasteiger partial charge in [-0.25, -0.2) is 4.79 Å². The summed E-state index contributed by atoms with van der Waals surface area (Å²) in [6.45, 7) is 5.57. The van der Waals surface area contributed by atoms with Gasteiger partial charge in [-0.05, 0) is 60.9 Å². The molecule has 4 rings (SSSR count). The summed E-state index contributed by atoms with van der Waals surface area (Å²) in [6.07, 6.45) is 14.0. The molecule has 0 aromatic heterocycles. The fraction of sp³-hybridized carbons (Fsp3) is 0.567. The van der Waals surface area contributed by atoms with Crippen molar-refractivity contribution < 1.29 is 9.53 Å². The van der Waals surface area contributed by atoms with Crippen molar-refractivity contribution in [3.8, 4) is 16.9 Å². The van der Waals surface area contributed by atoms with Crippen molar-refractivity contribution in [1.29, 1.82) is 0 Å². The van der Waals surface area contributed by atoms with Gasteiger partial charge in [0.15, 0.2) is 0 Å². The number of rotatable bonds is 9. The molecule has 4 nitrogen and oxygen atoms in total. The van der Waals surface area contributed by atoms with Crippen molar-refractivity contribution in [2.75, 3.05) is 18.0 Å². The van der Waals surface area contributed by atoms with Crippen LogP contribution < -0.4 is 15.0 Å². The SMILES string of the molecule is CCCCCCCCNC(=O)N1CC(C)Oc2cc(-c3ccc(C4CCCCC4)cc3)ccc21. The molecule has 2 aliphatic rings. The fourth-order valence-corrected chi connectivity index (χ4v) is 5.39. The average Bonchev–Trinajstić information content (AvgIpc) is 2.87. The van der Waals surface area contributed by atoms with Crippen LogP contribution >= 0.6 is 0 Å².